The van der Waals surface area contributed by atoms with Gasteiger partial charge < -0.3 is 24.5 Å². The van der Waals surface area contributed by atoms with E-state index in [-0.39, 0.29) is 24.3 Å². The zero-order chi connectivity index (χ0) is 24.9. The van der Waals surface area contributed by atoms with Gasteiger partial charge in [0.1, 0.15) is 5.82 Å². The van der Waals surface area contributed by atoms with E-state index >= 15 is 0 Å². The lowest BCUT2D eigenvalue weighted by atomic mass is 9.97. The Kier molecular flexibility index (Phi) is 8.22. The number of nitrogens with one attached hydrogen (secondary N) is 1. The highest BCUT2D eigenvalue weighted by Crippen LogP contribution is 2.40. The molecule has 184 valence electrons. The smallest absolute Gasteiger partial charge is 0.424 e. The fourth-order valence-electron chi connectivity index (χ4n) is 3.02. The number of aliphatic hydroxyl groups is 1. The van der Waals surface area contributed by atoms with Gasteiger partial charge in [-0.25, -0.2) is 4.98 Å². The van der Waals surface area contributed by atoms with Crippen molar-refractivity contribution in [1.29, 1.82) is 0 Å². The molecule has 1 atom stereocenters. The first-order valence-corrected chi connectivity index (χ1v) is 9.67. The van der Waals surface area contributed by atoms with Crippen molar-refractivity contribution in [2.75, 3.05) is 20.3 Å². The van der Waals surface area contributed by atoms with Gasteiger partial charge >= 0.3 is 12.4 Å². The first-order valence-electron chi connectivity index (χ1n) is 9.67. The second kappa shape index (κ2) is 10.3. The number of hydrogen-bond acceptors (Lipinski definition) is 5. The van der Waals surface area contributed by atoms with E-state index in [1.54, 1.807) is 0 Å². The maximum Gasteiger partial charge on any atom is 0.424 e. The number of carbonyl (C=O) groups is 1. The topological polar surface area (TPSA) is 85.6 Å². The van der Waals surface area contributed by atoms with Gasteiger partial charge in [0, 0.05) is 38.8 Å². The predicted molar refractivity (Wildman–Crippen MR) is 104 cm³/mol. The molecule has 0 saturated heterocycles. The molecule has 0 saturated carbocycles. The minimum atomic E-state index is -5.01. The van der Waals surface area contributed by atoms with Crippen molar-refractivity contribution in [1.82, 2.24) is 14.9 Å². The number of aromatic nitrogens is 2. The number of halogens is 6. The Balaban J connectivity index is 1.92. The first kappa shape index (κ1) is 26.3. The number of imidazole rings is 1. The van der Waals surface area contributed by atoms with E-state index in [4.69, 9.17) is 4.74 Å². The molecule has 2 N–H and O–H groups in total. The largest absolute Gasteiger partial charge is 0.493 e. The molecule has 0 aliphatic carbocycles. The van der Waals surface area contributed by atoms with Gasteiger partial charge in [0.2, 0.25) is 11.5 Å². The third-order valence-electron chi connectivity index (χ3n) is 4.73. The van der Waals surface area contributed by atoms with Crippen LogP contribution in [0.5, 0.6) is 11.5 Å². The van der Waals surface area contributed by atoms with Crippen molar-refractivity contribution in [2.24, 2.45) is 7.05 Å². The second-order valence-electron chi connectivity index (χ2n) is 7.21. The number of carbonyl (C=O) groups excluding carboxylic acids is 1. The average molecular weight is 483 g/mol. The molecule has 0 spiro atoms. The molecule has 0 fully saturated rings. The Labute approximate surface area is 185 Å². The van der Waals surface area contributed by atoms with Crippen LogP contribution in [-0.4, -0.2) is 53.2 Å². The zero-order valence-electron chi connectivity index (χ0n) is 17.8. The maximum atomic E-state index is 13.5. The van der Waals surface area contributed by atoms with Crippen molar-refractivity contribution in [3.05, 3.63) is 42.0 Å². The number of hydrogen-bond donors (Lipinski definition) is 2. The average Bonchev–Trinajstić information content (AvgIpc) is 3.15. The molecule has 1 aromatic heterocycles. The molecule has 1 amide bonds. The van der Waals surface area contributed by atoms with Crippen molar-refractivity contribution < 1.29 is 45.7 Å². The summed E-state index contributed by atoms with van der Waals surface area (Å²) in [7, 11) is 2.56. The lowest BCUT2D eigenvalue weighted by Crippen LogP contribution is -2.46. The first-order chi connectivity index (χ1) is 15.3. The van der Waals surface area contributed by atoms with E-state index in [0.29, 0.717) is 5.56 Å². The van der Waals surface area contributed by atoms with Gasteiger partial charge in [0.05, 0.1) is 7.11 Å². The van der Waals surface area contributed by atoms with Crippen LogP contribution in [0.25, 0.3) is 0 Å². The van der Waals surface area contributed by atoms with Gasteiger partial charge in [-0.15, -0.1) is 0 Å². The Morgan fingerprint density at radius 1 is 1.18 bits per heavy atom. The minimum Gasteiger partial charge on any atom is -0.493 e. The number of rotatable bonds is 10. The van der Waals surface area contributed by atoms with Crippen LogP contribution in [0.4, 0.5) is 26.3 Å². The van der Waals surface area contributed by atoms with Crippen LogP contribution in [0.1, 0.15) is 24.2 Å². The summed E-state index contributed by atoms with van der Waals surface area (Å²) in [4.78, 5) is 15.6. The zero-order valence-corrected chi connectivity index (χ0v) is 17.8. The molecule has 0 aliphatic heterocycles. The van der Waals surface area contributed by atoms with Crippen molar-refractivity contribution in [3.63, 3.8) is 0 Å². The van der Waals surface area contributed by atoms with E-state index in [1.807, 2.05) is 0 Å². The molecule has 0 radical (unpaired) electrons. The van der Waals surface area contributed by atoms with Crippen molar-refractivity contribution in [3.8, 4) is 11.5 Å². The highest BCUT2D eigenvalue weighted by Gasteiger charge is 2.57. The van der Waals surface area contributed by atoms with Gasteiger partial charge in [-0.1, -0.05) is 6.07 Å². The maximum absolute atomic E-state index is 13.5. The van der Waals surface area contributed by atoms with Gasteiger partial charge in [0.25, 0.3) is 0 Å². The number of ether oxygens (including phenoxy) is 2. The second-order valence-corrected chi connectivity index (χ2v) is 7.21. The number of amides is 1. The Morgan fingerprint density at radius 3 is 2.42 bits per heavy atom. The molecule has 33 heavy (non-hydrogen) atoms. The van der Waals surface area contributed by atoms with E-state index < -0.39 is 49.3 Å². The Morgan fingerprint density at radius 2 is 1.88 bits per heavy atom. The van der Waals surface area contributed by atoms with Gasteiger partial charge in [-0.3, -0.25) is 4.79 Å². The van der Waals surface area contributed by atoms with Crippen LogP contribution in [0.3, 0.4) is 0 Å². The monoisotopic (exact) mass is 483 g/mol. The summed E-state index contributed by atoms with van der Waals surface area (Å²) in [6.45, 7) is -1.96. The highest BCUT2D eigenvalue weighted by atomic mass is 19.4. The molecule has 0 aliphatic rings. The van der Waals surface area contributed by atoms with Crippen LogP contribution in [0.2, 0.25) is 0 Å². The normalized spacial score (nSPS) is 14.0. The number of benzene rings is 1. The van der Waals surface area contributed by atoms with E-state index in [9.17, 15) is 36.2 Å². The summed E-state index contributed by atoms with van der Waals surface area (Å²) in [5, 5.41) is 12.6. The van der Waals surface area contributed by atoms with Crippen molar-refractivity contribution in [2.45, 2.75) is 37.2 Å². The lowest BCUT2D eigenvalue weighted by molar-refractivity contribution is -0.272. The SMILES string of the molecule is COc1cc(CCC(=O)NCCC(O)(c2nccn2C)C(F)(F)F)ccc1OCC(F)(F)F. The third kappa shape index (κ3) is 7.01. The van der Waals surface area contributed by atoms with E-state index in [0.717, 1.165) is 10.8 Å². The fourth-order valence-corrected chi connectivity index (χ4v) is 3.02. The summed E-state index contributed by atoms with van der Waals surface area (Å²) in [5.41, 5.74) is -2.70. The molecule has 7 nitrogen and oxygen atoms in total. The number of aryl methyl sites for hydroxylation is 2. The quantitative estimate of drug-likeness (QED) is 0.507. The van der Waals surface area contributed by atoms with Crippen molar-refractivity contribution >= 4 is 5.91 Å². The summed E-state index contributed by atoms with van der Waals surface area (Å²) in [6.07, 6.45) is -7.95. The molecule has 0 bridgehead atoms. The van der Waals surface area contributed by atoms with Gasteiger partial charge in [-0.05, 0) is 24.1 Å². The highest BCUT2D eigenvalue weighted by molar-refractivity contribution is 5.76. The molecule has 2 rings (SSSR count). The molecule has 1 heterocycles. The summed E-state index contributed by atoms with van der Waals surface area (Å²) >= 11 is 0. The summed E-state index contributed by atoms with van der Waals surface area (Å²) in [5.74, 6) is -1.24. The predicted octanol–water partition coefficient (Wildman–Crippen LogP) is 3.26. The lowest BCUT2D eigenvalue weighted by Gasteiger charge is -2.30. The van der Waals surface area contributed by atoms with Crippen LogP contribution in [0, 0.1) is 0 Å². The van der Waals surface area contributed by atoms with Gasteiger partial charge in [-0.2, -0.15) is 26.3 Å². The molecular formula is C20H23F6N3O4. The summed E-state index contributed by atoms with van der Waals surface area (Å²) in [6, 6.07) is 4.13. The van der Waals surface area contributed by atoms with E-state index in [1.165, 1.54) is 38.6 Å². The van der Waals surface area contributed by atoms with Crippen LogP contribution in [-0.2, 0) is 23.9 Å². The van der Waals surface area contributed by atoms with Crippen LogP contribution < -0.4 is 14.8 Å². The number of methoxy groups -OCH3 is 1. The van der Waals surface area contributed by atoms with E-state index in [2.05, 4.69) is 15.0 Å². The fraction of sp³-hybridized carbons (Fsp3) is 0.500. The minimum absolute atomic E-state index is 0.0440. The Bertz CT molecular complexity index is 945. The summed E-state index contributed by atoms with van der Waals surface area (Å²) < 4.78 is 88.1. The van der Waals surface area contributed by atoms with Gasteiger partial charge in [0.15, 0.2) is 18.1 Å². The molecule has 2 aromatic rings. The van der Waals surface area contributed by atoms with Crippen LogP contribution >= 0.6 is 0 Å². The molecule has 13 heteroatoms. The number of alkyl halides is 6. The molecule has 1 aromatic carbocycles. The standard InChI is InChI=1S/C20H23F6N3O4/c1-29-10-9-28-17(29)18(31,20(24,25)26)7-8-27-16(30)6-4-13-3-5-14(15(11-13)32-2)33-12-19(21,22)23/h3,5,9-11,31H,4,6-8,12H2,1-2H3,(H,27,30). The van der Waals surface area contributed by atoms with Crippen LogP contribution in [0.15, 0.2) is 30.6 Å². The Hall–Kier alpha value is -2.96. The number of nitrogens with zero attached hydrogens (tertiary/aromatic N) is 2. The molecular weight excluding hydrogens is 460 g/mol. The third-order valence-corrected chi connectivity index (χ3v) is 4.73. The molecule has 1 unspecified atom stereocenters.